The molecule has 0 N–H and O–H groups in total. The molecule has 0 saturated carbocycles. The van der Waals surface area contributed by atoms with Crippen molar-refractivity contribution >= 4 is 0 Å². The minimum atomic E-state index is 0.767. The summed E-state index contributed by atoms with van der Waals surface area (Å²) in [5, 5.41) is 0. The molecule has 0 amide bonds. The summed E-state index contributed by atoms with van der Waals surface area (Å²) in [7, 11) is 0. The van der Waals surface area contributed by atoms with Crippen molar-refractivity contribution in [2.24, 2.45) is 0 Å². The third-order valence-electron chi connectivity index (χ3n) is 3.34. The molecular weight excluding hydrogens is 264 g/mol. The first-order valence-corrected chi connectivity index (χ1v) is 7.48. The molecular formula is C22H22. The van der Waals surface area contributed by atoms with Gasteiger partial charge in [-0.3, -0.25) is 0 Å². The lowest BCUT2D eigenvalue weighted by molar-refractivity contribution is 1.10. The second kappa shape index (κ2) is 10.2. The van der Waals surface area contributed by atoms with E-state index < -0.39 is 0 Å². The Morgan fingerprint density at radius 1 is 0.500 bits per heavy atom. The molecule has 0 heteroatoms. The molecule has 110 valence electrons. The Morgan fingerprint density at radius 3 is 0.909 bits per heavy atom. The second-order valence-electron chi connectivity index (χ2n) is 4.80. The van der Waals surface area contributed by atoms with Crippen LogP contribution in [0.15, 0.2) is 12.1 Å². The lowest BCUT2D eigenvalue weighted by atomic mass is 9.92. The van der Waals surface area contributed by atoms with E-state index in [1.54, 1.807) is 0 Å². The van der Waals surface area contributed by atoms with Gasteiger partial charge in [0.25, 0.3) is 0 Å². The van der Waals surface area contributed by atoms with E-state index in [0.717, 1.165) is 25.7 Å². The van der Waals surface area contributed by atoms with Crippen LogP contribution in [-0.2, 0) is 25.7 Å². The van der Waals surface area contributed by atoms with E-state index in [0.29, 0.717) is 0 Å². The third-order valence-corrected chi connectivity index (χ3v) is 3.34. The van der Waals surface area contributed by atoms with Crippen LogP contribution < -0.4 is 0 Å². The van der Waals surface area contributed by atoms with Crippen molar-refractivity contribution < 1.29 is 0 Å². The van der Waals surface area contributed by atoms with Crippen molar-refractivity contribution in [3.8, 4) is 47.4 Å². The molecule has 0 bridgehead atoms. The summed E-state index contributed by atoms with van der Waals surface area (Å²) in [5.74, 6) is 24.6. The summed E-state index contributed by atoms with van der Waals surface area (Å²) in [6.07, 6.45) is 3.07. The van der Waals surface area contributed by atoms with E-state index in [-0.39, 0.29) is 0 Å². The quantitative estimate of drug-likeness (QED) is 0.735. The molecule has 22 heavy (non-hydrogen) atoms. The first-order chi connectivity index (χ1) is 10.8. The van der Waals surface area contributed by atoms with Crippen LogP contribution in [0.4, 0.5) is 0 Å². The van der Waals surface area contributed by atoms with Gasteiger partial charge in [-0.2, -0.15) is 0 Å². The Kier molecular flexibility index (Phi) is 8.14. The predicted octanol–water partition coefficient (Wildman–Crippen LogP) is 3.95. The Labute approximate surface area is 135 Å². The molecule has 0 aliphatic rings. The van der Waals surface area contributed by atoms with E-state index in [1.807, 2.05) is 27.7 Å². The molecule has 1 aromatic carbocycles. The van der Waals surface area contributed by atoms with Crippen LogP contribution in [0.25, 0.3) is 0 Å². The third kappa shape index (κ3) is 5.45. The summed E-state index contributed by atoms with van der Waals surface area (Å²) < 4.78 is 0. The molecule has 0 fully saturated rings. The van der Waals surface area contributed by atoms with Crippen LogP contribution in [0.2, 0.25) is 0 Å². The summed E-state index contributed by atoms with van der Waals surface area (Å²) in [6, 6.07) is 4.49. The van der Waals surface area contributed by atoms with E-state index in [4.69, 9.17) is 0 Å². The van der Waals surface area contributed by atoms with Crippen molar-refractivity contribution in [1.82, 2.24) is 0 Å². The second-order valence-corrected chi connectivity index (χ2v) is 4.80. The number of benzene rings is 1. The van der Waals surface area contributed by atoms with Gasteiger partial charge in [-0.15, -0.1) is 23.7 Å². The zero-order chi connectivity index (χ0) is 16.2. The van der Waals surface area contributed by atoms with Crippen LogP contribution in [0, 0.1) is 47.4 Å². The van der Waals surface area contributed by atoms with Gasteiger partial charge in [0.05, 0.1) is 0 Å². The smallest absolute Gasteiger partial charge is 0.0343 e. The summed E-state index contributed by atoms with van der Waals surface area (Å²) >= 11 is 0. The van der Waals surface area contributed by atoms with Crippen molar-refractivity contribution in [2.45, 2.75) is 53.4 Å². The van der Waals surface area contributed by atoms with Crippen LogP contribution >= 0.6 is 0 Å². The molecule has 1 aromatic rings. The Morgan fingerprint density at radius 2 is 0.727 bits per heavy atom. The first-order valence-electron chi connectivity index (χ1n) is 7.48. The van der Waals surface area contributed by atoms with E-state index in [9.17, 15) is 0 Å². The van der Waals surface area contributed by atoms with Crippen molar-refractivity contribution in [3.05, 3.63) is 34.4 Å². The molecule has 0 radical (unpaired) electrons. The van der Waals surface area contributed by atoms with E-state index in [2.05, 4.69) is 59.5 Å². The van der Waals surface area contributed by atoms with Crippen molar-refractivity contribution in [1.29, 1.82) is 0 Å². The van der Waals surface area contributed by atoms with Gasteiger partial charge in [0.15, 0.2) is 0 Å². The van der Waals surface area contributed by atoms with Gasteiger partial charge >= 0.3 is 0 Å². The highest BCUT2D eigenvalue weighted by molar-refractivity contribution is 5.44. The molecule has 0 nitrogen and oxygen atoms in total. The van der Waals surface area contributed by atoms with Crippen molar-refractivity contribution in [3.63, 3.8) is 0 Å². The summed E-state index contributed by atoms with van der Waals surface area (Å²) in [6.45, 7) is 7.50. The monoisotopic (exact) mass is 286 g/mol. The molecule has 0 spiro atoms. The maximum atomic E-state index is 3.17. The Bertz CT molecular complexity index is 617. The van der Waals surface area contributed by atoms with Crippen LogP contribution in [-0.4, -0.2) is 0 Å². The van der Waals surface area contributed by atoms with Gasteiger partial charge in [-0.25, -0.2) is 0 Å². The molecule has 0 heterocycles. The summed E-state index contributed by atoms with van der Waals surface area (Å²) in [5.41, 5.74) is 5.05. The zero-order valence-corrected chi connectivity index (χ0v) is 14.0. The maximum absolute atomic E-state index is 3.17. The van der Waals surface area contributed by atoms with Crippen LogP contribution in [0.5, 0.6) is 0 Å². The molecule has 0 aromatic heterocycles. The van der Waals surface area contributed by atoms with Crippen molar-refractivity contribution in [2.75, 3.05) is 0 Å². The number of hydrogen-bond donors (Lipinski definition) is 0. The molecule has 0 aliphatic heterocycles. The van der Waals surface area contributed by atoms with E-state index >= 15 is 0 Å². The first kappa shape index (κ1) is 17.5. The lowest BCUT2D eigenvalue weighted by Crippen LogP contribution is -2.01. The number of rotatable bonds is 4. The number of hydrogen-bond acceptors (Lipinski definition) is 0. The molecule has 0 saturated heterocycles. The van der Waals surface area contributed by atoms with Gasteiger partial charge in [0.2, 0.25) is 0 Å². The van der Waals surface area contributed by atoms with Gasteiger partial charge in [0.1, 0.15) is 0 Å². The highest BCUT2D eigenvalue weighted by Crippen LogP contribution is 2.20. The topological polar surface area (TPSA) is 0 Å². The van der Waals surface area contributed by atoms with Crippen LogP contribution in [0.1, 0.15) is 49.9 Å². The van der Waals surface area contributed by atoms with Gasteiger partial charge in [-0.1, -0.05) is 35.8 Å². The molecule has 0 atom stereocenters. The molecule has 0 unspecified atom stereocenters. The normalized spacial score (nSPS) is 8.18. The largest absolute Gasteiger partial charge is 0.106 e. The minimum absolute atomic E-state index is 0.767. The standard InChI is InChI=1S/C22H22/c1-5-9-13-19-17-21(15-11-7-3)22(16-12-8-4)18-20(19)14-10-6-2/h17-18H,13-16H2,1-4H3. The van der Waals surface area contributed by atoms with Gasteiger partial charge in [0, 0.05) is 25.7 Å². The zero-order valence-electron chi connectivity index (χ0n) is 14.0. The SMILES string of the molecule is CC#CCc1cc(CC#CC)c(CC#CC)cc1CC#CC. The summed E-state index contributed by atoms with van der Waals surface area (Å²) in [4.78, 5) is 0. The average molecular weight is 286 g/mol. The maximum Gasteiger partial charge on any atom is 0.0343 e. The highest BCUT2D eigenvalue weighted by atomic mass is 14.1. The fourth-order valence-electron chi connectivity index (χ4n) is 2.18. The average Bonchev–Trinajstić information content (AvgIpc) is 2.55. The predicted molar refractivity (Wildman–Crippen MR) is 95.1 cm³/mol. The van der Waals surface area contributed by atoms with Crippen LogP contribution in [0.3, 0.4) is 0 Å². The Balaban J connectivity index is 3.34. The lowest BCUT2D eigenvalue weighted by Gasteiger charge is -2.12. The van der Waals surface area contributed by atoms with Gasteiger partial charge in [-0.05, 0) is 49.9 Å². The molecule has 0 aliphatic carbocycles. The van der Waals surface area contributed by atoms with Gasteiger partial charge < -0.3 is 0 Å². The van der Waals surface area contributed by atoms with E-state index in [1.165, 1.54) is 22.3 Å². The minimum Gasteiger partial charge on any atom is -0.106 e. The highest BCUT2D eigenvalue weighted by Gasteiger charge is 2.08. The fraction of sp³-hybridized carbons (Fsp3) is 0.364. The molecule has 1 rings (SSSR count). The Hall–Kier alpha value is -2.54. The fourth-order valence-corrected chi connectivity index (χ4v) is 2.18.